The molecule has 1 aliphatic carbocycles. The third-order valence-electron chi connectivity index (χ3n) is 1.96. The first kappa shape index (κ1) is 6.77. The van der Waals surface area contributed by atoms with E-state index < -0.39 is 0 Å². The Kier molecular flexibility index (Phi) is 1.60. The maximum atomic E-state index is 4.26. The van der Waals surface area contributed by atoms with Gasteiger partial charge < -0.3 is 0 Å². The van der Waals surface area contributed by atoms with Gasteiger partial charge in [0.25, 0.3) is 0 Å². The summed E-state index contributed by atoms with van der Waals surface area (Å²) in [6.45, 7) is 3.77. The Morgan fingerprint density at radius 3 is 2.45 bits per heavy atom. The molecule has 11 heavy (non-hydrogen) atoms. The molecule has 2 rings (SSSR count). The van der Waals surface area contributed by atoms with Crippen LogP contribution in [0.5, 0.6) is 0 Å². The van der Waals surface area contributed by atoms with Crippen LogP contribution >= 0.6 is 0 Å². The van der Waals surface area contributed by atoms with Gasteiger partial charge in [0, 0.05) is 18.3 Å². The Hall–Kier alpha value is -0.920. The maximum Gasteiger partial charge on any atom is 0.131 e. The molecule has 1 aromatic heterocycles. The smallest absolute Gasteiger partial charge is 0.131 e. The first-order valence-corrected chi connectivity index (χ1v) is 4.00. The van der Waals surface area contributed by atoms with E-state index in [0.717, 1.165) is 17.8 Å². The van der Waals surface area contributed by atoms with Gasteiger partial charge >= 0.3 is 0 Å². The van der Waals surface area contributed by atoms with E-state index in [1.807, 2.05) is 12.4 Å². The summed E-state index contributed by atoms with van der Waals surface area (Å²) in [6.07, 6.45) is 7.08. The van der Waals surface area contributed by atoms with E-state index >= 15 is 0 Å². The van der Waals surface area contributed by atoms with Crippen molar-refractivity contribution < 1.29 is 0 Å². The molecule has 0 atom stereocenters. The van der Waals surface area contributed by atoms with E-state index in [1.54, 1.807) is 0 Å². The van der Waals surface area contributed by atoms with Crippen molar-refractivity contribution in [2.75, 3.05) is 0 Å². The zero-order valence-corrected chi connectivity index (χ0v) is 6.45. The van der Waals surface area contributed by atoms with Crippen LogP contribution in [0.1, 0.15) is 30.1 Å². The van der Waals surface area contributed by atoms with Crippen molar-refractivity contribution in [3.05, 3.63) is 30.7 Å². The summed E-state index contributed by atoms with van der Waals surface area (Å²) in [6, 6.07) is 0. The van der Waals surface area contributed by atoms with Crippen LogP contribution in [0.15, 0.2) is 12.4 Å². The Bertz CT molecular complexity index is 236. The van der Waals surface area contributed by atoms with E-state index in [9.17, 15) is 0 Å². The monoisotopic (exact) mass is 147 g/mol. The minimum absolute atomic E-state index is 0.661. The number of hydrogen-bond donors (Lipinski definition) is 0. The molecule has 0 amide bonds. The molecule has 1 aromatic rings. The van der Waals surface area contributed by atoms with Crippen molar-refractivity contribution in [1.82, 2.24) is 9.97 Å². The summed E-state index contributed by atoms with van der Waals surface area (Å²) in [4.78, 5) is 8.52. The summed E-state index contributed by atoms with van der Waals surface area (Å²) in [5.41, 5.74) is 1.12. The molecular formula is C9H11N2. The lowest BCUT2D eigenvalue weighted by Crippen LogP contribution is -1.93. The molecule has 0 aliphatic heterocycles. The molecule has 1 saturated carbocycles. The van der Waals surface area contributed by atoms with Gasteiger partial charge in [0.2, 0.25) is 0 Å². The molecule has 1 fully saturated rings. The highest BCUT2D eigenvalue weighted by Crippen LogP contribution is 2.37. The van der Waals surface area contributed by atoms with Gasteiger partial charge in [-0.25, -0.2) is 9.97 Å². The molecule has 1 radical (unpaired) electrons. The van der Waals surface area contributed by atoms with Crippen molar-refractivity contribution in [2.45, 2.75) is 25.2 Å². The molecule has 57 valence electrons. The van der Waals surface area contributed by atoms with E-state index in [0.29, 0.717) is 5.92 Å². The van der Waals surface area contributed by atoms with Crippen molar-refractivity contribution in [2.24, 2.45) is 0 Å². The Balaban J connectivity index is 2.19. The summed E-state index contributed by atoms with van der Waals surface area (Å²) < 4.78 is 0. The number of nitrogens with zero attached hydrogens (tertiary/aromatic N) is 2. The minimum Gasteiger partial charge on any atom is -0.241 e. The third-order valence-corrected chi connectivity index (χ3v) is 1.96. The van der Waals surface area contributed by atoms with E-state index in [-0.39, 0.29) is 0 Å². The lowest BCUT2D eigenvalue weighted by molar-refractivity contribution is 0.910. The quantitative estimate of drug-likeness (QED) is 0.636. The van der Waals surface area contributed by atoms with Gasteiger partial charge in [-0.2, -0.15) is 0 Å². The molecule has 0 aromatic carbocycles. The van der Waals surface area contributed by atoms with Gasteiger partial charge in [-0.05, 0) is 31.7 Å². The van der Waals surface area contributed by atoms with E-state index in [4.69, 9.17) is 0 Å². The zero-order chi connectivity index (χ0) is 7.68. The summed E-state index contributed by atoms with van der Waals surface area (Å²) >= 11 is 0. The molecule has 0 spiro atoms. The fraction of sp³-hybridized carbons (Fsp3) is 0.444. The molecule has 0 bridgehead atoms. The first-order valence-electron chi connectivity index (χ1n) is 4.00. The van der Waals surface area contributed by atoms with Crippen LogP contribution in [0.2, 0.25) is 0 Å². The van der Waals surface area contributed by atoms with E-state index in [1.165, 1.54) is 12.8 Å². The minimum atomic E-state index is 0.661. The lowest BCUT2D eigenvalue weighted by Gasteiger charge is -1.96. The van der Waals surface area contributed by atoms with Crippen molar-refractivity contribution in [3.63, 3.8) is 0 Å². The summed E-state index contributed by atoms with van der Waals surface area (Å²) in [5, 5.41) is 0. The van der Waals surface area contributed by atoms with Gasteiger partial charge in [-0.15, -0.1) is 0 Å². The Labute approximate surface area is 66.7 Å². The predicted molar refractivity (Wildman–Crippen MR) is 43.1 cm³/mol. The lowest BCUT2D eigenvalue weighted by atomic mass is 10.3. The average molecular weight is 147 g/mol. The molecule has 0 saturated heterocycles. The standard InChI is InChI=1S/C9H11N2/c1-2-7-5-10-9(11-6-7)8-3-4-8/h5-6,8H,1-4H2. The summed E-state index contributed by atoms with van der Waals surface area (Å²) in [7, 11) is 0. The average Bonchev–Trinajstić information content (AvgIpc) is 2.87. The molecule has 2 heteroatoms. The van der Waals surface area contributed by atoms with Crippen LogP contribution in [0, 0.1) is 6.92 Å². The third kappa shape index (κ3) is 1.39. The molecule has 1 heterocycles. The molecular weight excluding hydrogens is 136 g/mol. The second-order valence-electron chi connectivity index (χ2n) is 2.97. The Morgan fingerprint density at radius 1 is 1.36 bits per heavy atom. The topological polar surface area (TPSA) is 25.8 Å². The highest BCUT2D eigenvalue weighted by Gasteiger charge is 2.25. The molecule has 1 aliphatic rings. The van der Waals surface area contributed by atoms with Crippen LogP contribution in [-0.4, -0.2) is 9.97 Å². The van der Waals surface area contributed by atoms with Crippen LogP contribution < -0.4 is 0 Å². The SMILES string of the molecule is [CH2]Cc1cnc(C2CC2)nc1. The number of rotatable bonds is 2. The molecule has 2 nitrogen and oxygen atoms in total. The van der Waals surface area contributed by atoms with Gasteiger partial charge in [-0.3, -0.25) is 0 Å². The Morgan fingerprint density at radius 2 is 2.00 bits per heavy atom. The largest absolute Gasteiger partial charge is 0.241 e. The van der Waals surface area contributed by atoms with E-state index in [2.05, 4.69) is 16.9 Å². The predicted octanol–water partition coefficient (Wildman–Crippen LogP) is 1.73. The van der Waals surface area contributed by atoms with Gasteiger partial charge in [0.15, 0.2) is 0 Å². The fourth-order valence-corrected chi connectivity index (χ4v) is 1.05. The first-order chi connectivity index (χ1) is 5.40. The zero-order valence-electron chi connectivity index (χ0n) is 6.45. The van der Waals surface area contributed by atoms with Crippen molar-refractivity contribution in [1.29, 1.82) is 0 Å². The maximum absolute atomic E-state index is 4.26. The van der Waals surface area contributed by atoms with Crippen molar-refractivity contribution in [3.8, 4) is 0 Å². The molecule has 0 unspecified atom stereocenters. The van der Waals surface area contributed by atoms with Crippen LogP contribution in [0.3, 0.4) is 0 Å². The second kappa shape index (κ2) is 2.61. The highest BCUT2D eigenvalue weighted by molar-refractivity contribution is 5.11. The number of hydrogen-bond acceptors (Lipinski definition) is 2. The second-order valence-corrected chi connectivity index (χ2v) is 2.97. The fourth-order valence-electron chi connectivity index (χ4n) is 1.05. The van der Waals surface area contributed by atoms with Crippen molar-refractivity contribution >= 4 is 0 Å². The van der Waals surface area contributed by atoms with Gasteiger partial charge in [0.1, 0.15) is 5.82 Å². The van der Waals surface area contributed by atoms with Crippen LogP contribution in [0.25, 0.3) is 0 Å². The number of aromatic nitrogens is 2. The normalized spacial score (nSPS) is 16.8. The molecule has 0 N–H and O–H groups in total. The van der Waals surface area contributed by atoms with Gasteiger partial charge in [0.05, 0.1) is 0 Å². The highest BCUT2D eigenvalue weighted by atomic mass is 14.9. The van der Waals surface area contributed by atoms with Crippen LogP contribution in [0.4, 0.5) is 0 Å². The summed E-state index contributed by atoms with van der Waals surface area (Å²) in [5.74, 6) is 1.68. The van der Waals surface area contributed by atoms with Gasteiger partial charge in [-0.1, -0.05) is 0 Å². The van der Waals surface area contributed by atoms with Crippen LogP contribution in [-0.2, 0) is 6.42 Å².